The van der Waals surface area contributed by atoms with Crippen LogP contribution in [-0.2, 0) is 19.1 Å². The van der Waals surface area contributed by atoms with E-state index in [2.05, 4.69) is 31.4 Å². The molecule has 0 saturated carbocycles. The van der Waals surface area contributed by atoms with Crippen LogP contribution in [0.5, 0.6) is 5.75 Å². The summed E-state index contributed by atoms with van der Waals surface area (Å²) >= 11 is 0. The number of carbonyl (C=O) groups excluding carboxylic acids is 3. The molecular weight excluding hydrogens is 522 g/mol. The zero-order valence-electron chi connectivity index (χ0n) is 26.0. The van der Waals surface area contributed by atoms with Crippen LogP contribution in [0.25, 0.3) is 0 Å². The fourth-order valence-electron chi connectivity index (χ4n) is 7.66. The number of anilines is 1. The van der Waals surface area contributed by atoms with E-state index in [0.29, 0.717) is 30.9 Å². The molecule has 228 valence electrons. The van der Waals surface area contributed by atoms with Gasteiger partial charge in [0.05, 0.1) is 37.2 Å². The first kappa shape index (κ1) is 31.3. The number of carbonyl (C=O) groups is 3. The molecule has 1 aromatic rings. The SMILES string of the molecule is CCOc1ccc(NC(=O)[C@@H]2[C@@H]3CCC4(O3)C(C(=O)NC(C)(C)CC(C)(C)C)N([C@@H](CO)[C@@H](C)CC)C(=O)[C@H]24)cc1. The summed E-state index contributed by atoms with van der Waals surface area (Å²) in [5.41, 5.74) is -1.08. The van der Waals surface area contributed by atoms with Gasteiger partial charge in [-0.05, 0) is 75.6 Å². The second-order valence-corrected chi connectivity index (χ2v) is 14.0. The molecule has 41 heavy (non-hydrogen) atoms. The predicted octanol–water partition coefficient (Wildman–Crippen LogP) is 4.14. The number of nitrogens with one attached hydrogen (secondary N) is 2. The summed E-state index contributed by atoms with van der Waals surface area (Å²) in [6, 6.07) is 5.63. The Morgan fingerprint density at radius 1 is 1.15 bits per heavy atom. The quantitative estimate of drug-likeness (QED) is 0.368. The Labute approximate surface area is 244 Å². The van der Waals surface area contributed by atoms with Gasteiger partial charge in [0.25, 0.3) is 0 Å². The summed E-state index contributed by atoms with van der Waals surface area (Å²) in [5.74, 6) is -1.75. The van der Waals surface area contributed by atoms with Gasteiger partial charge in [-0.3, -0.25) is 14.4 Å². The first-order valence-corrected chi connectivity index (χ1v) is 15.1. The molecule has 0 aliphatic carbocycles. The highest BCUT2D eigenvalue weighted by atomic mass is 16.5. The molecule has 3 aliphatic rings. The summed E-state index contributed by atoms with van der Waals surface area (Å²) in [6.45, 7) is 16.5. The highest BCUT2D eigenvalue weighted by Crippen LogP contribution is 2.59. The number of hydrogen-bond acceptors (Lipinski definition) is 6. The van der Waals surface area contributed by atoms with Crippen molar-refractivity contribution in [2.75, 3.05) is 18.5 Å². The fourth-order valence-corrected chi connectivity index (χ4v) is 7.66. The van der Waals surface area contributed by atoms with Gasteiger partial charge in [0.15, 0.2) is 0 Å². The lowest BCUT2D eigenvalue weighted by Crippen LogP contribution is -2.62. The number of fused-ring (bicyclic) bond motifs is 1. The molecule has 1 spiro atoms. The van der Waals surface area contributed by atoms with Crippen molar-refractivity contribution in [1.82, 2.24) is 10.2 Å². The molecule has 2 bridgehead atoms. The van der Waals surface area contributed by atoms with Crippen LogP contribution in [0.2, 0.25) is 0 Å². The molecule has 0 aromatic heterocycles. The Hall–Kier alpha value is -2.65. The van der Waals surface area contributed by atoms with Gasteiger partial charge in [0.1, 0.15) is 17.4 Å². The molecule has 0 radical (unpaired) electrons. The average Bonchev–Trinajstić information content (AvgIpc) is 3.51. The smallest absolute Gasteiger partial charge is 0.246 e. The normalized spacial score (nSPS) is 28.8. The molecule has 3 fully saturated rings. The highest BCUT2D eigenvalue weighted by Gasteiger charge is 2.75. The molecule has 9 heteroatoms. The third kappa shape index (κ3) is 5.98. The molecule has 7 atom stereocenters. The maximum Gasteiger partial charge on any atom is 0.246 e. The monoisotopic (exact) mass is 571 g/mol. The van der Waals surface area contributed by atoms with E-state index in [9.17, 15) is 19.5 Å². The van der Waals surface area contributed by atoms with Crippen molar-refractivity contribution in [3.05, 3.63) is 24.3 Å². The fraction of sp³-hybridized carbons (Fsp3) is 0.719. The first-order valence-electron chi connectivity index (χ1n) is 15.1. The molecule has 3 aliphatic heterocycles. The summed E-state index contributed by atoms with van der Waals surface area (Å²) < 4.78 is 12.1. The van der Waals surface area contributed by atoms with Gasteiger partial charge in [0.2, 0.25) is 17.7 Å². The number of benzene rings is 1. The van der Waals surface area contributed by atoms with Gasteiger partial charge in [-0.25, -0.2) is 0 Å². The van der Waals surface area contributed by atoms with Crippen LogP contribution in [0.1, 0.15) is 81.1 Å². The number of aliphatic hydroxyl groups excluding tert-OH is 1. The first-order chi connectivity index (χ1) is 19.2. The lowest BCUT2D eigenvalue weighted by molar-refractivity contribution is -0.147. The van der Waals surface area contributed by atoms with E-state index in [1.165, 1.54) is 0 Å². The Bertz CT molecular complexity index is 1130. The number of rotatable bonds is 11. The number of amides is 3. The van der Waals surface area contributed by atoms with Crippen LogP contribution >= 0.6 is 0 Å². The van der Waals surface area contributed by atoms with Crippen LogP contribution in [0, 0.1) is 23.2 Å². The zero-order valence-corrected chi connectivity index (χ0v) is 26.0. The third-order valence-corrected chi connectivity index (χ3v) is 9.00. The Morgan fingerprint density at radius 2 is 1.80 bits per heavy atom. The van der Waals surface area contributed by atoms with Crippen LogP contribution in [0.3, 0.4) is 0 Å². The van der Waals surface area contributed by atoms with Crippen molar-refractivity contribution in [3.8, 4) is 5.75 Å². The maximum atomic E-state index is 14.3. The molecule has 3 amide bonds. The van der Waals surface area contributed by atoms with Gasteiger partial charge < -0.3 is 30.1 Å². The Kier molecular flexibility index (Phi) is 8.82. The van der Waals surface area contributed by atoms with Gasteiger partial charge in [0, 0.05) is 11.2 Å². The van der Waals surface area contributed by atoms with Gasteiger partial charge >= 0.3 is 0 Å². The maximum absolute atomic E-state index is 14.3. The predicted molar refractivity (Wildman–Crippen MR) is 157 cm³/mol. The molecule has 2 unspecified atom stereocenters. The molecule has 1 aromatic carbocycles. The minimum Gasteiger partial charge on any atom is -0.494 e. The van der Waals surface area contributed by atoms with E-state index in [0.717, 1.165) is 12.8 Å². The molecule has 3 N–H and O–H groups in total. The Morgan fingerprint density at radius 3 is 2.37 bits per heavy atom. The van der Waals surface area contributed by atoms with Crippen LogP contribution in [0.15, 0.2) is 24.3 Å². The third-order valence-electron chi connectivity index (χ3n) is 9.00. The lowest BCUT2D eigenvalue weighted by Gasteiger charge is -2.41. The molecule has 4 rings (SSSR count). The van der Waals surface area contributed by atoms with E-state index in [-0.39, 0.29) is 35.7 Å². The highest BCUT2D eigenvalue weighted by molar-refractivity contribution is 6.02. The van der Waals surface area contributed by atoms with Gasteiger partial charge in [-0.2, -0.15) is 0 Å². The van der Waals surface area contributed by atoms with Crippen LogP contribution in [0.4, 0.5) is 5.69 Å². The summed E-state index contributed by atoms with van der Waals surface area (Å²) in [5, 5.41) is 16.7. The molecule has 3 heterocycles. The summed E-state index contributed by atoms with van der Waals surface area (Å²) in [7, 11) is 0. The van der Waals surface area contributed by atoms with E-state index in [1.54, 1.807) is 29.2 Å². The lowest BCUT2D eigenvalue weighted by atomic mass is 9.70. The second kappa shape index (κ2) is 11.6. The molecule has 9 nitrogen and oxygen atoms in total. The minimum absolute atomic E-state index is 0.0283. The second-order valence-electron chi connectivity index (χ2n) is 14.0. The number of hydrogen-bond donors (Lipinski definition) is 3. The summed E-state index contributed by atoms with van der Waals surface area (Å²) in [6.07, 6.45) is 2.09. The van der Waals surface area contributed by atoms with Crippen molar-refractivity contribution in [2.24, 2.45) is 23.2 Å². The summed E-state index contributed by atoms with van der Waals surface area (Å²) in [4.78, 5) is 43.9. The number of nitrogens with zero attached hydrogens (tertiary/aromatic N) is 1. The number of ether oxygens (including phenoxy) is 2. The van der Waals surface area contributed by atoms with E-state index >= 15 is 0 Å². The topological polar surface area (TPSA) is 117 Å². The van der Waals surface area contributed by atoms with E-state index in [1.807, 2.05) is 34.6 Å². The van der Waals surface area contributed by atoms with Crippen molar-refractivity contribution >= 4 is 23.4 Å². The van der Waals surface area contributed by atoms with E-state index < -0.39 is 41.2 Å². The molecular formula is C32H49N3O6. The molecule has 3 saturated heterocycles. The van der Waals surface area contributed by atoms with E-state index in [4.69, 9.17) is 9.47 Å². The zero-order chi connectivity index (χ0) is 30.3. The number of aliphatic hydroxyl groups is 1. The van der Waals surface area contributed by atoms with Gasteiger partial charge in [-0.1, -0.05) is 41.0 Å². The van der Waals surface area contributed by atoms with Crippen molar-refractivity contribution in [3.63, 3.8) is 0 Å². The standard InChI is InChI=1S/C32H49N3O6/c1-9-19(3)22(17-36)35-26(28(38)34-31(7,8)18-30(4,5)6)32-16-15-23(41-32)24(25(32)29(35)39)27(37)33-20-11-13-21(14-12-20)40-10-2/h11-14,19,22-26,36H,9-10,15-18H2,1-8H3,(H,33,37)(H,34,38)/t19-,22-,23-,24+,25-,26?,32?/m0/s1. The van der Waals surface area contributed by atoms with Gasteiger partial charge in [-0.15, -0.1) is 0 Å². The van der Waals surface area contributed by atoms with Crippen LogP contribution < -0.4 is 15.4 Å². The largest absolute Gasteiger partial charge is 0.494 e. The van der Waals surface area contributed by atoms with Crippen molar-refractivity contribution in [2.45, 2.75) is 110 Å². The average molecular weight is 572 g/mol. The Balaban J connectivity index is 1.68. The van der Waals surface area contributed by atoms with Crippen molar-refractivity contribution in [1.29, 1.82) is 0 Å². The van der Waals surface area contributed by atoms with Crippen molar-refractivity contribution < 1.29 is 29.0 Å². The van der Waals surface area contributed by atoms with Crippen LogP contribution in [-0.4, -0.2) is 70.3 Å². The minimum atomic E-state index is -1.12. The number of likely N-dealkylation sites (tertiary alicyclic amines) is 1.